The first-order chi connectivity index (χ1) is 8.49. The molecule has 2 atom stereocenters. The molecule has 1 aromatic carbocycles. The number of hydrogen-bond donors (Lipinski definition) is 1. The summed E-state index contributed by atoms with van der Waals surface area (Å²) in [6.07, 6.45) is 3.83. The van der Waals surface area contributed by atoms with Crippen molar-refractivity contribution >= 4 is 23.2 Å². The van der Waals surface area contributed by atoms with Crippen molar-refractivity contribution in [2.75, 3.05) is 0 Å². The molecule has 1 N–H and O–H groups in total. The summed E-state index contributed by atoms with van der Waals surface area (Å²) < 4.78 is 13.5. The van der Waals surface area contributed by atoms with Crippen molar-refractivity contribution in [1.82, 2.24) is 5.32 Å². The van der Waals surface area contributed by atoms with E-state index in [1.165, 1.54) is 18.9 Å². The molecule has 1 saturated carbocycles. The minimum Gasteiger partial charge on any atom is -0.308 e. The van der Waals surface area contributed by atoms with Gasteiger partial charge in [-0.25, -0.2) is 4.39 Å². The molecular weight excluding hydrogens is 272 g/mol. The molecule has 2 unspecified atom stereocenters. The molecule has 1 aliphatic rings. The van der Waals surface area contributed by atoms with Crippen LogP contribution in [0, 0.1) is 11.7 Å². The molecule has 0 aromatic heterocycles. The molecule has 100 valence electrons. The fourth-order valence-corrected chi connectivity index (χ4v) is 3.07. The van der Waals surface area contributed by atoms with Crippen molar-refractivity contribution in [3.63, 3.8) is 0 Å². The van der Waals surface area contributed by atoms with Gasteiger partial charge in [0.2, 0.25) is 0 Å². The predicted molar refractivity (Wildman–Crippen MR) is 74.8 cm³/mol. The van der Waals surface area contributed by atoms with Gasteiger partial charge in [0.1, 0.15) is 5.82 Å². The molecule has 1 aliphatic carbocycles. The Kier molecular flexibility index (Phi) is 4.52. The lowest BCUT2D eigenvalue weighted by atomic mass is 10.1. The molecular formula is C14H18Cl2FN. The second-order valence-corrected chi connectivity index (χ2v) is 6.01. The summed E-state index contributed by atoms with van der Waals surface area (Å²) in [5, 5.41) is 4.08. The zero-order chi connectivity index (χ0) is 13.3. The Bertz CT molecular complexity index is 432. The summed E-state index contributed by atoms with van der Waals surface area (Å²) in [5.74, 6) is 0.442. The average Bonchev–Trinajstić information content (AvgIpc) is 3.07. The van der Waals surface area contributed by atoms with Gasteiger partial charge in [-0.15, -0.1) is 0 Å². The van der Waals surface area contributed by atoms with E-state index in [4.69, 9.17) is 23.2 Å². The second-order valence-electron chi connectivity index (χ2n) is 5.23. The van der Waals surface area contributed by atoms with Crippen LogP contribution in [0.5, 0.6) is 0 Å². The molecule has 4 heteroatoms. The molecule has 0 saturated heterocycles. The van der Waals surface area contributed by atoms with Crippen LogP contribution in [0.4, 0.5) is 4.39 Å². The van der Waals surface area contributed by atoms with Crippen LogP contribution in [0.1, 0.15) is 44.7 Å². The van der Waals surface area contributed by atoms with Gasteiger partial charge in [0.05, 0.1) is 5.02 Å². The molecule has 1 nitrogen and oxygen atoms in total. The van der Waals surface area contributed by atoms with Crippen LogP contribution in [0.2, 0.25) is 10.0 Å². The van der Waals surface area contributed by atoms with Gasteiger partial charge in [0, 0.05) is 22.7 Å². The normalized spacial score (nSPS) is 18.7. The third-order valence-electron chi connectivity index (χ3n) is 3.43. The van der Waals surface area contributed by atoms with E-state index in [0.717, 1.165) is 12.3 Å². The minimum absolute atomic E-state index is 0.0468. The molecule has 1 aromatic rings. The van der Waals surface area contributed by atoms with E-state index in [0.29, 0.717) is 16.6 Å². The summed E-state index contributed by atoms with van der Waals surface area (Å²) in [6, 6.07) is 3.20. The van der Waals surface area contributed by atoms with Crippen molar-refractivity contribution in [2.45, 2.75) is 45.2 Å². The van der Waals surface area contributed by atoms with E-state index in [9.17, 15) is 4.39 Å². The first-order valence-corrected chi connectivity index (χ1v) is 7.14. The highest BCUT2D eigenvalue weighted by Gasteiger charge is 2.25. The lowest BCUT2D eigenvalue weighted by Crippen LogP contribution is -2.29. The van der Waals surface area contributed by atoms with Crippen LogP contribution in [-0.2, 0) is 0 Å². The van der Waals surface area contributed by atoms with Gasteiger partial charge in [0.15, 0.2) is 0 Å². The van der Waals surface area contributed by atoms with Gasteiger partial charge >= 0.3 is 0 Å². The van der Waals surface area contributed by atoms with Crippen LogP contribution in [0.15, 0.2) is 12.1 Å². The lowest BCUT2D eigenvalue weighted by molar-refractivity contribution is 0.437. The maximum absolute atomic E-state index is 13.5. The van der Waals surface area contributed by atoms with Gasteiger partial charge in [-0.05, 0) is 38.3 Å². The van der Waals surface area contributed by atoms with Crippen LogP contribution in [0.25, 0.3) is 0 Å². The molecule has 0 amide bonds. The van der Waals surface area contributed by atoms with Gasteiger partial charge in [-0.1, -0.05) is 36.0 Å². The monoisotopic (exact) mass is 289 g/mol. The number of rotatable bonds is 5. The molecule has 2 rings (SSSR count). The van der Waals surface area contributed by atoms with E-state index in [2.05, 4.69) is 12.2 Å². The first-order valence-electron chi connectivity index (χ1n) is 6.38. The Morgan fingerprint density at radius 2 is 2.00 bits per heavy atom. The molecule has 0 spiro atoms. The third-order valence-corrected chi connectivity index (χ3v) is 4.14. The highest BCUT2D eigenvalue weighted by Crippen LogP contribution is 2.35. The molecule has 18 heavy (non-hydrogen) atoms. The van der Waals surface area contributed by atoms with Gasteiger partial charge in [-0.2, -0.15) is 0 Å². The van der Waals surface area contributed by atoms with Crippen molar-refractivity contribution in [3.8, 4) is 0 Å². The standard InChI is InChI=1S/C14H18Cl2FN/c1-8(7-10-3-4-10)18-9(2)13-11(15)5-6-12(17)14(13)16/h5-6,8-10,18H,3-4,7H2,1-2H3. The predicted octanol–water partition coefficient (Wildman–Crippen LogP) is 4.97. The van der Waals surface area contributed by atoms with E-state index < -0.39 is 5.82 Å². The van der Waals surface area contributed by atoms with Crippen LogP contribution in [0.3, 0.4) is 0 Å². The largest absolute Gasteiger partial charge is 0.308 e. The van der Waals surface area contributed by atoms with Crippen LogP contribution in [-0.4, -0.2) is 6.04 Å². The number of hydrogen-bond acceptors (Lipinski definition) is 1. The Labute approximate surface area is 118 Å². The zero-order valence-corrected chi connectivity index (χ0v) is 12.2. The Morgan fingerprint density at radius 1 is 1.33 bits per heavy atom. The van der Waals surface area contributed by atoms with Crippen molar-refractivity contribution < 1.29 is 4.39 Å². The molecule has 0 heterocycles. The zero-order valence-electron chi connectivity index (χ0n) is 10.6. The number of nitrogens with one attached hydrogen (secondary N) is 1. The smallest absolute Gasteiger partial charge is 0.142 e. The van der Waals surface area contributed by atoms with Gasteiger partial charge in [0.25, 0.3) is 0 Å². The van der Waals surface area contributed by atoms with Crippen LogP contribution < -0.4 is 5.32 Å². The Morgan fingerprint density at radius 3 is 2.61 bits per heavy atom. The molecule has 0 radical (unpaired) electrons. The SMILES string of the molecule is CC(CC1CC1)NC(C)c1c(Cl)ccc(F)c1Cl. The summed E-state index contributed by atoms with van der Waals surface area (Å²) in [6.45, 7) is 4.12. The highest BCUT2D eigenvalue weighted by atomic mass is 35.5. The fourth-order valence-electron chi connectivity index (χ4n) is 2.37. The molecule has 0 bridgehead atoms. The Hall–Kier alpha value is -0.310. The maximum atomic E-state index is 13.5. The summed E-state index contributed by atoms with van der Waals surface area (Å²) in [4.78, 5) is 0. The third kappa shape index (κ3) is 3.37. The van der Waals surface area contributed by atoms with Crippen molar-refractivity contribution in [3.05, 3.63) is 33.6 Å². The minimum atomic E-state index is -0.417. The van der Waals surface area contributed by atoms with E-state index >= 15 is 0 Å². The van der Waals surface area contributed by atoms with Crippen molar-refractivity contribution in [2.24, 2.45) is 5.92 Å². The van der Waals surface area contributed by atoms with Crippen molar-refractivity contribution in [1.29, 1.82) is 0 Å². The van der Waals surface area contributed by atoms with E-state index in [1.807, 2.05) is 6.92 Å². The number of halogens is 3. The van der Waals surface area contributed by atoms with Gasteiger partial charge in [-0.3, -0.25) is 0 Å². The number of benzene rings is 1. The summed E-state index contributed by atoms with van der Waals surface area (Å²) in [5.41, 5.74) is 0.654. The van der Waals surface area contributed by atoms with E-state index in [1.54, 1.807) is 6.07 Å². The maximum Gasteiger partial charge on any atom is 0.142 e. The van der Waals surface area contributed by atoms with E-state index in [-0.39, 0.29) is 11.1 Å². The average molecular weight is 290 g/mol. The second kappa shape index (κ2) is 5.77. The van der Waals surface area contributed by atoms with Crippen LogP contribution >= 0.6 is 23.2 Å². The quantitative estimate of drug-likeness (QED) is 0.755. The first kappa shape index (κ1) is 14.1. The Balaban J connectivity index is 2.07. The summed E-state index contributed by atoms with van der Waals surface area (Å²) >= 11 is 12.1. The molecule has 0 aliphatic heterocycles. The highest BCUT2D eigenvalue weighted by molar-refractivity contribution is 6.36. The topological polar surface area (TPSA) is 12.0 Å². The fraction of sp³-hybridized carbons (Fsp3) is 0.571. The molecule has 1 fully saturated rings. The lowest BCUT2D eigenvalue weighted by Gasteiger charge is -2.22. The van der Waals surface area contributed by atoms with Gasteiger partial charge < -0.3 is 5.32 Å². The summed E-state index contributed by atoms with van der Waals surface area (Å²) in [7, 11) is 0.